The topological polar surface area (TPSA) is 80.4 Å². The summed E-state index contributed by atoms with van der Waals surface area (Å²) in [5, 5.41) is 18.9. The summed E-state index contributed by atoms with van der Waals surface area (Å²) in [4.78, 5) is 20.3. The third kappa shape index (κ3) is 2.98. The standard InChI is InChI=1S/C7H5NO4S.Na/c9-7(10)4-1-2-6(13)5(3-4)8(11)12;/h1-3,13H,(H,9,10);. The summed E-state index contributed by atoms with van der Waals surface area (Å²) in [6.45, 7) is 0. The van der Waals surface area contributed by atoms with Gasteiger partial charge in [-0.1, -0.05) is 0 Å². The van der Waals surface area contributed by atoms with E-state index in [1.807, 2.05) is 0 Å². The molecule has 14 heavy (non-hydrogen) atoms. The van der Waals surface area contributed by atoms with Gasteiger partial charge >= 0.3 is 5.97 Å². The fourth-order valence-corrected chi connectivity index (χ4v) is 1.02. The van der Waals surface area contributed by atoms with Crippen LogP contribution in [0.25, 0.3) is 0 Å². The number of carboxylic acids is 1. The molecule has 0 heterocycles. The van der Waals surface area contributed by atoms with Gasteiger partial charge in [-0.25, -0.2) is 4.79 Å². The molecule has 69 valence electrons. The molecule has 5 nitrogen and oxygen atoms in total. The van der Waals surface area contributed by atoms with Gasteiger partial charge in [-0.3, -0.25) is 10.1 Å². The SMILES string of the molecule is O=C(O)c1ccc(S)c([N+](=O)[O-])c1.[Na]. The van der Waals surface area contributed by atoms with E-state index in [1.54, 1.807) is 0 Å². The van der Waals surface area contributed by atoms with Gasteiger partial charge in [0.05, 0.1) is 15.4 Å². The van der Waals surface area contributed by atoms with Gasteiger partial charge in [0.15, 0.2) is 0 Å². The van der Waals surface area contributed by atoms with E-state index in [1.165, 1.54) is 12.1 Å². The summed E-state index contributed by atoms with van der Waals surface area (Å²) in [6, 6.07) is 3.52. The zero-order valence-electron chi connectivity index (χ0n) is 7.30. The van der Waals surface area contributed by atoms with E-state index >= 15 is 0 Å². The molecular formula is C7H5NNaO4S. The largest absolute Gasteiger partial charge is 0.478 e. The Hall–Kier alpha value is -0.560. The first-order valence-electron chi connectivity index (χ1n) is 3.23. The van der Waals surface area contributed by atoms with E-state index in [4.69, 9.17) is 5.11 Å². The summed E-state index contributed by atoms with van der Waals surface area (Å²) in [5.74, 6) is -1.20. The maximum atomic E-state index is 10.4. The maximum absolute atomic E-state index is 10.4. The van der Waals surface area contributed by atoms with Gasteiger partial charge in [0, 0.05) is 35.6 Å². The van der Waals surface area contributed by atoms with E-state index in [0.29, 0.717) is 0 Å². The Morgan fingerprint density at radius 1 is 1.50 bits per heavy atom. The van der Waals surface area contributed by atoms with E-state index in [0.717, 1.165) is 6.07 Å². The number of carboxylic acid groups (broad SMARTS) is 1. The molecule has 1 radical (unpaired) electrons. The number of hydrogen-bond acceptors (Lipinski definition) is 4. The van der Waals surface area contributed by atoms with Gasteiger partial charge in [-0.15, -0.1) is 12.6 Å². The first kappa shape index (κ1) is 13.4. The molecule has 0 spiro atoms. The van der Waals surface area contributed by atoms with Gasteiger partial charge in [-0.05, 0) is 12.1 Å². The minimum absolute atomic E-state index is 0. The number of nitro benzene ring substituents is 1. The number of carbonyl (C=O) groups is 1. The number of thiol groups is 1. The third-order valence-electron chi connectivity index (χ3n) is 1.42. The van der Waals surface area contributed by atoms with Gasteiger partial charge in [0.2, 0.25) is 0 Å². The van der Waals surface area contributed by atoms with Crippen LogP contribution in [0.3, 0.4) is 0 Å². The van der Waals surface area contributed by atoms with Crippen molar-refractivity contribution in [1.82, 2.24) is 0 Å². The van der Waals surface area contributed by atoms with E-state index in [9.17, 15) is 14.9 Å². The average Bonchev–Trinajstić information content (AvgIpc) is 2.04. The molecule has 0 unspecified atom stereocenters. The predicted molar refractivity (Wildman–Crippen MR) is 53.1 cm³/mol. The summed E-state index contributed by atoms with van der Waals surface area (Å²) in [7, 11) is 0. The molecule has 1 rings (SSSR count). The molecule has 1 aromatic carbocycles. The Bertz CT molecular complexity index is 382. The van der Waals surface area contributed by atoms with Crippen LogP contribution in [0.15, 0.2) is 23.1 Å². The van der Waals surface area contributed by atoms with Crippen molar-refractivity contribution < 1.29 is 14.8 Å². The Kier molecular flexibility index (Phi) is 5.14. The molecule has 0 aromatic heterocycles. The van der Waals surface area contributed by atoms with Gasteiger partial charge < -0.3 is 5.11 Å². The van der Waals surface area contributed by atoms with Gasteiger partial charge in [-0.2, -0.15) is 0 Å². The molecule has 0 atom stereocenters. The van der Waals surface area contributed by atoms with E-state index in [-0.39, 0.29) is 45.7 Å². The van der Waals surface area contributed by atoms with Crippen LogP contribution >= 0.6 is 12.6 Å². The van der Waals surface area contributed by atoms with Crippen molar-refractivity contribution in [3.63, 3.8) is 0 Å². The van der Waals surface area contributed by atoms with Crippen LogP contribution in [-0.4, -0.2) is 45.6 Å². The molecule has 0 bridgehead atoms. The number of nitrogens with zero attached hydrogens (tertiary/aromatic N) is 1. The molecule has 0 fully saturated rings. The molecule has 1 aromatic rings. The van der Waals surface area contributed by atoms with E-state index < -0.39 is 10.9 Å². The van der Waals surface area contributed by atoms with Crippen LogP contribution in [0.4, 0.5) is 5.69 Å². The average molecular weight is 222 g/mol. The number of aromatic carboxylic acids is 1. The molecule has 1 N–H and O–H groups in total. The number of hydrogen-bond donors (Lipinski definition) is 2. The van der Waals surface area contributed by atoms with Gasteiger partial charge in [0.1, 0.15) is 0 Å². The molecule has 0 saturated carbocycles. The Labute approximate surface area is 107 Å². The number of rotatable bonds is 2. The second kappa shape index (κ2) is 5.35. The second-order valence-electron chi connectivity index (χ2n) is 2.27. The van der Waals surface area contributed by atoms with Crippen LogP contribution in [0.5, 0.6) is 0 Å². The number of nitro groups is 1. The molecule has 7 heteroatoms. The first-order chi connectivity index (χ1) is 6.02. The molecule has 0 aliphatic rings. The van der Waals surface area contributed by atoms with Crippen LogP contribution in [0.2, 0.25) is 0 Å². The monoisotopic (exact) mass is 222 g/mol. The van der Waals surface area contributed by atoms with Crippen molar-refractivity contribution in [2.24, 2.45) is 0 Å². The number of benzene rings is 1. The van der Waals surface area contributed by atoms with Gasteiger partial charge in [0.25, 0.3) is 5.69 Å². The van der Waals surface area contributed by atoms with Crippen molar-refractivity contribution in [1.29, 1.82) is 0 Å². The summed E-state index contributed by atoms with van der Waals surface area (Å²) < 4.78 is 0. The summed E-state index contributed by atoms with van der Waals surface area (Å²) in [6.07, 6.45) is 0. The Morgan fingerprint density at radius 2 is 2.07 bits per heavy atom. The normalized spacial score (nSPS) is 8.93. The van der Waals surface area contributed by atoms with Crippen molar-refractivity contribution in [2.45, 2.75) is 4.90 Å². The maximum Gasteiger partial charge on any atom is 0.335 e. The smallest absolute Gasteiger partial charge is 0.335 e. The Balaban J connectivity index is 0.00000169. The predicted octanol–water partition coefficient (Wildman–Crippen LogP) is 1.20. The van der Waals surface area contributed by atoms with Crippen LogP contribution in [0, 0.1) is 10.1 Å². The van der Waals surface area contributed by atoms with Crippen LogP contribution in [0.1, 0.15) is 10.4 Å². The van der Waals surface area contributed by atoms with Crippen molar-refractivity contribution in [3.05, 3.63) is 33.9 Å². The molecule has 0 aliphatic heterocycles. The minimum Gasteiger partial charge on any atom is -0.478 e. The fourth-order valence-electron chi connectivity index (χ4n) is 0.803. The Morgan fingerprint density at radius 3 is 2.50 bits per heavy atom. The van der Waals surface area contributed by atoms with Crippen LogP contribution < -0.4 is 0 Å². The third-order valence-corrected chi connectivity index (χ3v) is 1.80. The first-order valence-corrected chi connectivity index (χ1v) is 3.68. The van der Waals surface area contributed by atoms with E-state index in [2.05, 4.69) is 12.6 Å². The molecule has 0 aliphatic carbocycles. The zero-order valence-corrected chi connectivity index (χ0v) is 10.2. The van der Waals surface area contributed by atoms with Crippen molar-refractivity contribution in [2.75, 3.05) is 0 Å². The van der Waals surface area contributed by atoms with Crippen LogP contribution in [-0.2, 0) is 0 Å². The molecule has 0 saturated heterocycles. The second-order valence-corrected chi connectivity index (χ2v) is 2.75. The summed E-state index contributed by atoms with van der Waals surface area (Å²) >= 11 is 3.82. The quantitative estimate of drug-likeness (QED) is 0.341. The minimum atomic E-state index is -1.20. The molecular weight excluding hydrogens is 217 g/mol. The summed E-state index contributed by atoms with van der Waals surface area (Å²) in [5.41, 5.74) is -0.423. The fraction of sp³-hybridized carbons (Fsp3) is 0. The molecule has 0 amide bonds. The zero-order chi connectivity index (χ0) is 10.0. The van der Waals surface area contributed by atoms with Crippen molar-refractivity contribution >= 4 is 53.8 Å². The van der Waals surface area contributed by atoms with Crippen molar-refractivity contribution in [3.8, 4) is 0 Å².